The van der Waals surface area contributed by atoms with E-state index in [1.54, 1.807) is 24.3 Å². The van der Waals surface area contributed by atoms with Gasteiger partial charge in [0.25, 0.3) is 0 Å². The number of fused-ring (bicyclic) bond motifs is 1. The average molecular weight is 527 g/mol. The van der Waals surface area contributed by atoms with E-state index >= 15 is 0 Å². The summed E-state index contributed by atoms with van der Waals surface area (Å²) in [7, 11) is -3.53. The second kappa shape index (κ2) is 12.3. The number of aliphatic hydroxyl groups is 1. The smallest absolute Gasteiger partial charge is 0.229 e. The number of phenols is 1. The molecular weight excluding hydrogens is 492 g/mol. The van der Waals surface area contributed by atoms with Crippen LogP contribution in [0.1, 0.15) is 23.1 Å². The average Bonchev–Trinajstić information content (AvgIpc) is 2.87. The van der Waals surface area contributed by atoms with Gasteiger partial charge in [-0.3, -0.25) is 4.72 Å². The van der Waals surface area contributed by atoms with Crippen LogP contribution < -0.4 is 19.5 Å². The first-order valence-electron chi connectivity index (χ1n) is 12.4. The molecule has 1 aliphatic rings. The molecule has 0 aliphatic heterocycles. The summed E-state index contributed by atoms with van der Waals surface area (Å²) in [6.07, 6.45) is 3.08. The molecular formula is C28H34N2O6S. The SMILES string of the molecule is CS(=O)(=O)Nc1cc(OC[C@@H](O)CNCC2CCc3c(O)cccc3C2)ccc1OCc1ccccc1. The van der Waals surface area contributed by atoms with Gasteiger partial charge >= 0.3 is 0 Å². The highest BCUT2D eigenvalue weighted by Gasteiger charge is 2.21. The van der Waals surface area contributed by atoms with Crippen LogP contribution >= 0.6 is 0 Å². The third-order valence-electron chi connectivity index (χ3n) is 6.30. The number of nitrogens with one attached hydrogen (secondary N) is 2. The molecule has 4 rings (SSSR count). The molecule has 3 aromatic carbocycles. The maximum absolute atomic E-state index is 11.9. The molecule has 0 radical (unpaired) electrons. The Balaban J connectivity index is 1.26. The highest BCUT2D eigenvalue weighted by atomic mass is 32.2. The first-order chi connectivity index (χ1) is 17.8. The number of hydrogen-bond donors (Lipinski definition) is 4. The minimum atomic E-state index is -3.53. The molecule has 0 amide bonds. The molecule has 0 aromatic heterocycles. The second-order valence-corrected chi connectivity index (χ2v) is 11.2. The number of sulfonamides is 1. The number of anilines is 1. The van der Waals surface area contributed by atoms with Crippen molar-refractivity contribution in [1.29, 1.82) is 0 Å². The van der Waals surface area contributed by atoms with Gasteiger partial charge in [0.15, 0.2) is 0 Å². The van der Waals surface area contributed by atoms with Crippen LogP contribution in [0.2, 0.25) is 0 Å². The van der Waals surface area contributed by atoms with E-state index in [1.807, 2.05) is 36.4 Å². The van der Waals surface area contributed by atoms with Gasteiger partial charge in [0.05, 0.1) is 11.9 Å². The molecule has 9 heteroatoms. The summed E-state index contributed by atoms with van der Waals surface area (Å²) in [6, 6.07) is 20.1. The van der Waals surface area contributed by atoms with Crippen LogP contribution in [0.3, 0.4) is 0 Å². The normalized spacial score (nSPS) is 16.0. The standard InChI is InChI=1S/C28H34N2O6S/c1-37(33,34)30-26-15-24(11-13-28(26)36-18-20-6-3-2-4-7-20)35-19-23(31)17-29-16-21-10-12-25-22(14-21)8-5-9-27(25)32/h2-9,11,13,15,21,23,29-32H,10,12,14,16-19H2,1H3/t21?,23-/m0/s1. The number of ether oxygens (including phenoxy) is 2. The van der Waals surface area contributed by atoms with E-state index in [2.05, 4.69) is 16.1 Å². The highest BCUT2D eigenvalue weighted by molar-refractivity contribution is 7.92. The summed E-state index contributed by atoms with van der Waals surface area (Å²) in [5, 5.41) is 23.7. The summed E-state index contributed by atoms with van der Waals surface area (Å²) >= 11 is 0. The molecule has 0 saturated heterocycles. The molecule has 198 valence electrons. The lowest BCUT2D eigenvalue weighted by Gasteiger charge is -2.26. The molecule has 0 spiro atoms. The van der Waals surface area contributed by atoms with Gasteiger partial charge in [0, 0.05) is 12.6 Å². The maximum atomic E-state index is 11.9. The van der Waals surface area contributed by atoms with Gasteiger partial charge in [0.2, 0.25) is 10.0 Å². The fraction of sp³-hybridized carbons (Fsp3) is 0.357. The van der Waals surface area contributed by atoms with Crippen LogP contribution in [-0.4, -0.2) is 50.7 Å². The van der Waals surface area contributed by atoms with Crippen molar-refractivity contribution in [2.24, 2.45) is 5.92 Å². The van der Waals surface area contributed by atoms with E-state index in [9.17, 15) is 18.6 Å². The van der Waals surface area contributed by atoms with Gasteiger partial charge in [-0.05, 0) is 66.6 Å². The monoisotopic (exact) mass is 526 g/mol. The largest absolute Gasteiger partial charge is 0.508 e. The van der Waals surface area contributed by atoms with Crippen molar-refractivity contribution in [3.63, 3.8) is 0 Å². The second-order valence-electron chi connectivity index (χ2n) is 9.45. The summed E-state index contributed by atoms with van der Waals surface area (Å²) in [6.45, 7) is 1.48. The van der Waals surface area contributed by atoms with Crippen LogP contribution in [0, 0.1) is 5.92 Å². The first-order valence-corrected chi connectivity index (χ1v) is 14.3. The Morgan fingerprint density at radius 3 is 2.65 bits per heavy atom. The summed E-state index contributed by atoms with van der Waals surface area (Å²) in [4.78, 5) is 0. The lowest BCUT2D eigenvalue weighted by Crippen LogP contribution is -2.35. The number of aromatic hydroxyl groups is 1. The van der Waals surface area contributed by atoms with Crippen molar-refractivity contribution >= 4 is 15.7 Å². The molecule has 0 fully saturated rings. The van der Waals surface area contributed by atoms with Crippen molar-refractivity contribution < 1.29 is 28.1 Å². The molecule has 0 heterocycles. The van der Waals surface area contributed by atoms with E-state index < -0.39 is 16.1 Å². The van der Waals surface area contributed by atoms with Crippen LogP contribution in [0.15, 0.2) is 66.7 Å². The third-order valence-corrected chi connectivity index (χ3v) is 6.89. The Morgan fingerprint density at radius 1 is 1.05 bits per heavy atom. The molecule has 2 atom stereocenters. The van der Waals surface area contributed by atoms with E-state index in [4.69, 9.17) is 9.47 Å². The summed E-state index contributed by atoms with van der Waals surface area (Å²) in [5.74, 6) is 1.62. The highest BCUT2D eigenvalue weighted by Crippen LogP contribution is 2.32. The van der Waals surface area contributed by atoms with E-state index in [0.717, 1.165) is 43.2 Å². The van der Waals surface area contributed by atoms with Crippen LogP contribution in [0.25, 0.3) is 0 Å². The van der Waals surface area contributed by atoms with Crippen molar-refractivity contribution in [2.45, 2.75) is 32.0 Å². The van der Waals surface area contributed by atoms with Gasteiger partial charge in [-0.25, -0.2) is 8.42 Å². The molecule has 37 heavy (non-hydrogen) atoms. The van der Waals surface area contributed by atoms with E-state index in [-0.39, 0.29) is 18.9 Å². The zero-order chi connectivity index (χ0) is 26.3. The molecule has 4 N–H and O–H groups in total. The number of aliphatic hydroxyl groups excluding tert-OH is 1. The molecule has 1 unspecified atom stereocenters. The predicted molar refractivity (Wildman–Crippen MR) is 144 cm³/mol. The van der Waals surface area contributed by atoms with Gasteiger partial charge < -0.3 is 25.0 Å². The van der Waals surface area contributed by atoms with Crippen LogP contribution in [0.5, 0.6) is 17.2 Å². The number of benzene rings is 3. The Labute approximate surface area is 218 Å². The van der Waals surface area contributed by atoms with Gasteiger partial charge in [-0.15, -0.1) is 0 Å². The topological polar surface area (TPSA) is 117 Å². The van der Waals surface area contributed by atoms with Gasteiger partial charge in [-0.1, -0.05) is 42.5 Å². The fourth-order valence-electron chi connectivity index (χ4n) is 4.48. The Hall–Kier alpha value is -3.27. The molecule has 0 saturated carbocycles. The van der Waals surface area contributed by atoms with Crippen molar-refractivity contribution in [3.05, 3.63) is 83.4 Å². The Morgan fingerprint density at radius 2 is 1.86 bits per heavy atom. The summed E-state index contributed by atoms with van der Waals surface area (Å²) < 4.78 is 37.8. The van der Waals surface area contributed by atoms with Crippen molar-refractivity contribution in [2.75, 3.05) is 30.7 Å². The maximum Gasteiger partial charge on any atom is 0.229 e. The number of hydrogen-bond acceptors (Lipinski definition) is 7. The van der Waals surface area contributed by atoms with Gasteiger partial charge in [-0.2, -0.15) is 0 Å². The predicted octanol–water partition coefficient (Wildman–Crippen LogP) is 3.48. The molecule has 1 aliphatic carbocycles. The quantitative estimate of drug-likeness (QED) is 0.285. The third kappa shape index (κ3) is 8.11. The Bertz CT molecular complexity index is 1280. The zero-order valence-corrected chi connectivity index (χ0v) is 21.7. The van der Waals surface area contributed by atoms with Crippen molar-refractivity contribution in [1.82, 2.24) is 5.32 Å². The minimum absolute atomic E-state index is 0.0525. The lowest BCUT2D eigenvalue weighted by molar-refractivity contribution is 0.105. The Kier molecular flexibility index (Phi) is 8.91. The van der Waals surface area contributed by atoms with Gasteiger partial charge in [0.1, 0.15) is 36.6 Å². The zero-order valence-electron chi connectivity index (χ0n) is 20.9. The minimum Gasteiger partial charge on any atom is -0.508 e. The molecule has 8 nitrogen and oxygen atoms in total. The molecule has 0 bridgehead atoms. The van der Waals surface area contributed by atoms with E-state index in [1.165, 1.54) is 5.56 Å². The van der Waals surface area contributed by atoms with Crippen LogP contribution in [0.4, 0.5) is 5.69 Å². The lowest BCUT2D eigenvalue weighted by atomic mass is 9.83. The molecule has 3 aromatic rings. The van der Waals surface area contributed by atoms with Crippen LogP contribution in [-0.2, 0) is 29.5 Å². The number of phenolic OH excluding ortho intramolecular Hbond substituents is 1. The summed E-state index contributed by atoms with van der Waals surface area (Å²) in [5.41, 5.74) is 3.47. The first kappa shape index (κ1) is 26.8. The fourth-order valence-corrected chi connectivity index (χ4v) is 5.04. The number of rotatable bonds is 12. The van der Waals surface area contributed by atoms with Crippen molar-refractivity contribution in [3.8, 4) is 17.2 Å². The van der Waals surface area contributed by atoms with E-state index in [0.29, 0.717) is 29.7 Å².